The monoisotopic (exact) mass is 282 g/mol. The molecule has 0 fully saturated rings. The quantitative estimate of drug-likeness (QED) is 0.782. The Labute approximate surface area is 116 Å². The molecule has 0 saturated carbocycles. The minimum atomic E-state index is -5.12. The Kier molecular flexibility index (Phi) is 4.23. The van der Waals surface area contributed by atoms with Gasteiger partial charge < -0.3 is 22.6 Å². The Morgan fingerprint density at radius 2 is 1.75 bits per heavy atom. The van der Waals surface area contributed by atoms with Gasteiger partial charge in [-0.2, -0.15) is 0 Å². The van der Waals surface area contributed by atoms with Crippen molar-refractivity contribution in [3.05, 3.63) is 36.4 Å². The summed E-state index contributed by atoms with van der Waals surface area (Å²) in [5.74, 6) is -0.0851. The van der Waals surface area contributed by atoms with Gasteiger partial charge in [0.05, 0.1) is 5.75 Å². The summed E-state index contributed by atoms with van der Waals surface area (Å²) >= 11 is 0. The topological polar surface area (TPSA) is 12.5 Å². The zero-order chi connectivity index (χ0) is 14.8. The van der Waals surface area contributed by atoms with E-state index in [2.05, 4.69) is 0 Å². The molecule has 0 radical (unpaired) electrons. The number of benzene rings is 2. The average Bonchev–Trinajstić information content (AvgIpc) is 2.36. The summed E-state index contributed by atoms with van der Waals surface area (Å²) in [5.41, 5.74) is -0.637. The van der Waals surface area contributed by atoms with Crippen molar-refractivity contribution >= 4 is 23.2 Å². The summed E-state index contributed by atoms with van der Waals surface area (Å²) in [6, 6.07) is 9.55. The Bertz CT molecular complexity index is 598. The van der Waals surface area contributed by atoms with E-state index < -0.39 is 12.4 Å². The molecule has 0 unspecified atom stereocenters. The van der Waals surface area contributed by atoms with E-state index in [1.165, 1.54) is 12.1 Å². The van der Waals surface area contributed by atoms with E-state index in [1.807, 2.05) is 19.0 Å². The van der Waals surface area contributed by atoms with Gasteiger partial charge in [-0.05, 0) is 30.9 Å². The van der Waals surface area contributed by atoms with Crippen LogP contribution in [0.4, 0.5) is 12.9 Å². The van der Waals surface area contributed by atoms with E-state index in [9.17, 15) is 12.9 Å². The molecular formula is C14H16BF3NO-. The molecule has 0 saturated heterocycles. The maximum absolute atomic E-state index is 13.3. The molecule has 2 aromatic rings. The summed E-state index contributed by atoms with van der Waals surface area (Å²) in [5, 5.41) is 0.768. The van der Waals surface area contributed by atoms with Gasteiger partial charge in [0, 0.05) is 6.54 Å². The third-order valence-electron chi connectivity index (χ3n) is 3.05. The second-order valence-electron chi connectivity index (χ2n) is 4.93. The zero-order valence-corrected chi connectivity index (χ0v) is 11.4. The van der Waals surface area contributed by atoms with Crippen molar-refractivity contribution in [1.29, 1.82) is 0 Å². The van der Waals surface area contributed by atoms with Gasteiger partial charge in [0.1, 0.15) is 6.61 Å². The van der Waals surface area contributed by atoms with E-state index in [1.54, 1.807) is 24.3 Å². The van der Waals surface area contributed by atoms with Gasteiger partial charge in [-0.15, -0.1) is 0 Å². The molecule has 0 N–H and O–H groups in total. The Hall–Kier alpha value is -1.69. The minimum absolute atomic E-state index is 0.0851. The highest BCUT2D eigenvalue weighted by Gasteiger charge is 2.31. The molecule has 0 atom stereocenters. The van der Waals surface area contributed by atoms with Crippen molar-refractivity contribution in [2.24, 2.45) is 0 Å². The normalized spacial score (nSPS) is 12.1. The number of fused-ring (bicyclic) bond motifs is 1. The number of halogens is 3. The lowest BCUT2D eigenvalue weighted by molar-refractivity contribution is 0.262. The van der Waals surface area contributed by atoms with Crippen molar-refractivity contribution in [3.8, 4) is 5.75 Å². The molecule has 0 heterocycles. The van der Waals surface area contributed by atoms with Crippen molar-refractivity contribution in [2.45, 2.75) is 0 Å². The fraction of sp³-hybridized carbons (Fsp3) is 0.286. The molecule has 2 rings (SSSR count). The molecule has 0 aliphatic carbocycles. The molecule has 0 spiro atoms. The van der Waals surface area contributed by atoms with Crippen molar-refractivity contribution in [1.82, 2.24) is 4.90 Å². The summed E-state index contributed by atoms with van der Waals surface area (Å²) in [6.07, 6.45) is 0. The molecule has 0 amide bonds. The number of nitrogens with zero attached hydrogens (tertiary/aromatic N) is 1. The number of hydrogen-bond donors (Lipinski definition) is 0. The third-order valence-corrected chi connectivity index (χ3v) is 3.05. The molecule has 0 aliphatic heterocycles. The maximum Gasteiger partial charge on any atom is 0.513 e. The van der Waals surface area contributed by atoms with E-state index in [0.717, 1.165) is 0 Å². The van der Waals surface area contributed by atoms with Crippen LogP contribution >= 0.6 is 0 Å². The number of likely N-dealkylation sites (N-methyl/N-ethyl adjacent to an activating group) is 1. The average molecular weight is 282 g/mol. The maximum atomic E-state index is 13.3. The number of rotatable bonds is 5. The standard InChI is InChI=1S/C14H16BF3NO/c1-19(2)9-10-20-13-8-7-11-5-3-4-6-12(11)14(13)15(16,17)18/h3-8H,9-10H2,1-2H3/q-1. The second kappa shape index (κ2) is 5.75. The van der Waals surface area contributed by atoms with E-state index in [0.29, 0.717) is 11.9 Å². The van der Waals surface area contributed by atoms with Crippen LogP contribution in [-0.4, -0.2) is 39.1 Å². The Morgan fingerprint density at radius 3 is 2.40 bits per heavy atom. The van der Waals surface area contributed by atoms with Crippen molar-refractivity contribution in [2.75, 3.05) is 27.2 Å². The van der Waals surface area contributed by atoms with Crippen molar-refractivity contribution < 1.29 is 17.7 Å². The molecule has 6 heteroatoms. The lowest BCUT2D eigenvalue weighted by Gasteiger charge is -2.23. The van der Waals surface area contributed by atoms with Crippen LogP contribution in [0.25, 0.3) is 10.8 Å². The summed E-state index contributed by atoms with van der Waals surface area (Å²) < 4.78 is 45.3. The van der Waals surface area contributed by atoms with Crippen LogP contribution < -0.4 is 10.2 Å². The number of ether oxygens (including phenoxy) is 1. The van der Waals surface area contributed by atoms with Crippen molar-refractivity contribution in [3.63, 3.8) is 0 Å². The Morgan fingerprint density at radius 1 is 1.05 bits per heavy atom. The summed E-state index contributed by atoms with van der Waals surface area (Å²) in [6.45, 7) is -4.33. The van der Waals surface area contributed by atoms with E-state index in [4.69, 9.17) is 4.74 Å². The van der Waals surface area contributed by atoms with E-state index in [-0.39, 0.29) is 17.7 Å². The first-order chi connectivity index (χ1) is 9.39. The van der Waals surface area contributed by atoms with Gasteiger partial charge in [-0.25, -0.2) is 0 Å². The van der Waals surface area contributed by atoms with Gasteiger partial charge in [0.15, 0.2) is 0 Å². The fourth-order valence-corrected chi connectivity index (χ4v) is 2.08. The second-order valence-corrected chi connectivity index (χ2v) is 4.93. The molecule has 108 valence electrons. The Balaban J connectivity index is 2.43. The first kappa shape index (κ1) is 14.7. The van der Waals surface area contributed by atoms with Crippen LogP contribution in [0.2, 0.25) is 0 Å². The molecule has 0 aromatic heterocycles. The lowest BCUT2D eigenvalue weighted by Crippen LogP contribution is -2.36. The molecule has 20 heavy (non-hydrogen) atoms. The highest BCUT2D eigenvalue weighted by atomic mass is 19.4. The summed E-state index contributed by atoms with van der Waals surface area (Å²) in [7, 11) is 3.69. The SMILES string of the molecule is CN(C)CCOc1ccc2ccccc2c1[B-](F)(F)F. The van der Waals surface area contributed by atoms with Gasteiger partial charge in [-0.1, -0.05) is 35.8 Å². The van der Waals surface area contributed by atoms with Crippen LogP contribution in [0.3, 0.4) is 0 Å². The zero-order valence-electron chi connectivity index (χ0n) is 11.4. The van der Waals surface area contributed by atoms with Crippen LogP contribution in [0.15, 0.2) is 36.4 Å². The molecule has 2 aromatic carbocycles. The third kappa shape index (κ3) is 3.25. The smallest absolute Gasteiger partial charge is 0.495 e. The predicted octanol–water partition coefficient (Wildman–Crippen LogP) is 2.83. The summed E-state index contributed by atoms with van der Waals surface area (Å²) in [4.78, 5) is 1.86. The van der Waals surface area contributed by atoms with Gasteiger partial charge in [0.25, 0.3) is 0 Å². The highest BCUT2D eigenvalue weighted by molar-refractivity contribution is 6.76. The highest BCUT2D eigenvalue weighted by Crippen LogP contribution is 2.25. The molecular weight excluding hydrogens is 266 g/mol. The van der Waals surface area contributed by atoms with Crippen LogP contribution in [0.5, 0.6) is 5.75 Å². The lowest BCUT2D eigenvalue weighted by atomic mass is 9.76. The van der Waals surface area contributed by atoms with Crippen LogP contribution in [-0.2, 0) is 0 Å². The van der Waals surface area contributed by atoms with Gasteiger partial charge >= 0.3 is 6.98 Å². The van der Waals surface area contributed by atoms with Gasteiger partial charge in [0.2, 0.25) is 0 Å². The first-order valence-corrected chi connectivity index (χ1v) is 6.38. The van der Waals surface area contributed by atoms with E-state index >= 15 is 0 Å². The fourth-order valence-electron chi connectivity index (χ4n) is 2.08. The first-order valence-electron chi connectivity index (χ1n) is 6.38. The largest absolute Gasteiger partial charge is 0.513 e. The predicted molar refractivity (Wildman–Crippen MR) is 76.7 cm³/mol. The minimum Gasteiger partial charge on any atom is -0.495 e. The van der Waals surface area contributed by atoms with Crippen LogP contribution in [0, 0.1) is 0 Å². The molecule has 0 bridgehead atoms. The molecule has 2 nitrogen and oxygen atoms in total. The van der Waals surface area contributed by atoms with Gasteiger partial charge in [-0.3, -0.25) is 0 Å². The molecule has 0 aliphatic rings. The number of hydrogen-bond acceptors (Lipinski definition) is 2. The van der Waals surface area contributed by atoms with Crippen LogP contribution in [0.1, 0.15) is 0 Å².